The molecule has 5 heteroatoms. The molecule has 1 aromatic carbocycles. The van der Waals surface area contributed by atoms with Crippen LogP contribution in [0.5, 0.6) is 0 Å². The van der Waals surface area contributed by atoms with Crippen molar-refractivity contribution >= 4 is 11.0 Å². The Kier molecular flexibility index (Phi) is 4.36. The fourth-order valence-corrected chi connectivity index (χ4v) is 3.45. The molecule has 0 amide bonds. The van der Waals surface area contributed by atoms with Crippen LogP contribution in [0.3, 0.4) is 0 Å². The van der Waals surface area contributed by atoms with Crippen molar-refractivity contribution in [2.24, 2.45) is 0 Å². The molecular weight excluding hydrogens is 302 g/mol. The third kappa shape index (κ3) is 2.97. The number of rotatable bonds is 5. The number of nitrogens with zero attached hydrogens (tertiary/aromatic N) is 2. The van der Waals surface area contributed by atoms with E-state index in [1.807, 2.05) is 30.6 Å². The number of aromatic nitrogens is 2. The first kappa shape index (κ1) is 15.4. The van der Waals surface area contributed by atoms with E-state index >= 15 is 0 Å². The summed E-state index contributed by atoms with van der Waals surface area (Å²) in [5.74, 6) is 1.97. The molecule has 1 aliphatic heterocycles. The van der Waals surface area contributed by atoms with E-state index in [1.54, 1.807) is 0 Å². The molecule has 24 heavy (non-hydrogen) atoms. The first-order valence-electron chi connectivity index (χ1n) is 8.68. The molecule has 3 aromatic rings. The molecule has 1 fully saturated rings. The van der Waals surface area contributed by atoms with Crippen LogP contribution in [0.4, 0.5) is 0 Å². The third-order valence-corrected chi connectivity index (χ3v) is 4.68. The van der Waals surface area contributed by atoms with Gasteiger partial charge in [-0.15, -0.1) is 0 Å². The Morgan fingerprint density at radius 1 is 1.33 bits per heavy atom. The molecule has 0 bridgehead atoms. The number of hydrogen-bond donors (Lipinski definition) is 1. The molecule has 0 unspecified atom stereocenters. The predicted molar refractivity (Wildman–Crippen MR) is 92.7 cm³/mol. The van der Waals surface area contributed by atoms with Gasteiger partial charge in [-0.25, -0.2) is 4.98 Å². The lowest BCUT2D eigenvalue weighted by atomic mass is 10.0. The SMILES string of the molecule is CCn1ccnc1[C@H]1OCCC[C@@H]1NCc1cc2ccccc2o1. The van der Waals surface area contributed by atoms with E-state index in [4.69, 9.17) is 9.15 Å². The number of para-hydroxylation sites is 1. The van der Waals surface area contributed by atoms with E-state index < -0.39 is 0 Å². The van der Waals surface area contributed by atoms with Crippen molar-refractivity contribution in [1.29, 1.82) is 0 Å². The predicted octanol–water partition coefficient (Wildman–Crippen LogP) is 3.66. The maximum absolute atomic E-state index is 6.05. The standard InChI is InChI=1S/C19H23N3O2/c1-2-22-10-9-20-19(22)18-16(7-5-11-23-18)21-13-15-12-14-6-3-4-8-17(14)24-15/h3-4,6,8-10,12,16,18,21H,2,5,7,11,13H2,1H3/t16-,18-/m0/s1. The second-order valence-corrected chi connectivity index (χ2v) is 6.24. The van der Waals surface area contributed by atoms with Gasteiger partial charge >= 0.3 is 0 Å². The van der Waals surface area contributed by atoms with Crippen LogP contribution in [0.25, 0.3) is 11.0 Å². The number of aryl methyl sites for hydroxylation is 1. The van der Waals surface area contributed by atoms with E-state index in [9.17, 15) is 0 Å². The zero-order chi connectivity index (χ0) is 16.4. The van der Waals surface area contributed by atoms with Crippen molar-refractivity contribution < 1.29 is 9.15 Å². The van der Waals surface area contributed by atoms with Crippen molar-refractivity contribution in [3.63, 3.8) is 0 Å². The van der Waals surface area contributed by atoms with E-state index in [0.29, 0.717) is 6.54 Å². The van der Waals surface area contributed by atoms with Crippen LogP contribution in [0.2, 0.25) is 0 Å². The van der Waals surface area contributed by atoms with Crippen molar-refractivity contribution in [2.45, 2.75) is 45.0 Å². The highest BCUT2D eigenvalue weighted by atomic mass is 16.5. The molecule has 2 atom stereocenters. The molecule has 2 aromatic heterocycles. The van der Waals surface area contributed by atoms with Gasteiger partial charge in [-0.2, -0.15) is 0 Å². The summed E-state index contributed by atoms with van der Waals surface area (Å²) in [6, 6.07) is 10.5. The summed E-state index contributed by atoms with van der Waals surface area (Å²) in [7, 11) is 0. The molecule has 0 aliphatic carbocycles. The van der Waals surface area contributed by atoms with Gasteiger partial charge in [0.1, 0.15) is 23.3 Å². The number of ether oxygens (including phenoxy) is 1. The number of fused-ring (bicyclic) bond motifs is 1. The number of nitrogens with one attached hydrogen (secondary N) is 1. The van der Waals surface area contributed by atoms with Gasteiger partial charge in [0.05, 0.1) is 6.54 Å². The smallest absolute Gasteiger partial charge is 0.139 e. The summed E-state index contributed by atoms with van der Waals surface area (Å²) in [4.78, 5) is 4.53. The van der Waals surface area contributed by atoms with Gasteiger partial charge in [0.25, 0.3) is 0 Å². The summed E-state index contributed by atoms with van der Waals surface area (Å²) in [6.45, 7) is 4.53. The Morgan fingerprint density at radius 2 is 2.25 bits per heavy atom. The summed E-state index contributed by atoms with van der Waals surface area (Å²) < 4.78 is 14.1. The maximum Gasteiger partial charge on any atom is 0.139 e. The van der Waals surface area contributed by atoms with Gasteiger partial charge in [-0.05, 0) is 31.9 Å². The molecule has 5 nitrogen and oxygen atoms in total. The Labute approximate surface area is 141 Å². The van der Waals surface area contributed by atoms with E-state index in [-0.39, 0.29) is 12.1 Å². The average molecular weight is 325 g/mol. The second-order valence-electron chi connectivity index (χ2n) is 6.24. The van der Waals surface area contributed by atoms with Gasteiger partial charge in [0.15, 0.2) is 0 Å². The van der Waals surface area contributed by atoms with E-state index in [1.165, 1.54) is 0 Å². The minimum absolute atomic E-state index is 0.00178. The Morgan fingerprint density at radius 3 is 3.12 bits per heavy atom. The van der Waals surface area contributed by atoms with Crippen molar-refractivity contribution in [1.82, 2.24) is 14.9 Å². The van der Waals surface area contributed by atoms with Crippen molar-refractivity contribution in [3.05, 3.63) is 54.3 Å². The Bertz CT molecular complexity index is 775. The lowest BCUT2D eigenvalue weighted by Gasteiger charge is -2.32. The van der Waals surface area contributed by atoms with Gasteiger partial charge in [0, 0.05) is 37.0 Å². The van der Waals surface area contributed by atoms with Crippen LogP contribution in [0, 0.1) is 0 Å². The average Bonchev–Trinajstić information content (AvgIpc) is 3.26. The van der Waals surface area contributed by atoms with E-state index in [2.05, 4.69) is 33.9 Å². The Hall–Kier alpha value is -2.11. The molecule has 4 rings (SSSR count). The molecule has 0 radical (unpaired) electrons. The second kappa shape index (κ2) is 6.79. The number of imidazole rings is 1. The van der Waals surface area contributed by atoms with Gasteiger partial charge in [-0.3, -0.25) is 0 Å². The topological polar surface area (TPSA) is 52.2 Å². The van der Waals surface area contributed by atoms with Crippen molar-refractivity contribution in [2.75, 3.05) is 6.61 Å². The quantitative estimate of drug-likeness (QED) is 0.778. The van der Waals surface area contributed by atoms with E-state index in [0.717, 1.165) is 48.5 Å². The highest BCUT2D eigenvalue weighted by Crippen LogP contribution is 2.28. The summed E-state index contributed by atoms with van der Waals surface area (Å²) in [5, 5.41) is 4.76. The minimum Gasteiger partial charge on any atom is -0.460 e. The van der Waals surface area contributed by atoms with Crippen LogP contribution in [0.15, 0.2) is 47.1 Å². The van der Waals surface area contributed by atoms with Crippen LogP contribution < -0.4 is 5.32 Å². The molecule has 1 aliphatic rings. The third-order valence-electron chi connectivity index (χ3n) is 4.68. The summed E-state index contributed by atoms with van der Waals surface area (Å²) in [5.41, 5.74) is 0.937. The zero-order valence-corrected chi connectivity index (χ0v) is 13.9. The van der Waals surface area contributed by atoms with Gasteiger partial charge in [0.2, 0.25) is 0 Å². The molecule has 126 valence electrons. The first-order valence-corrected chi connectivity index (χ1v) is 8.68. The zero-order valence-electron chi connectivity index (χ0n) is 13.9. The monoisotopic (exact) mass is 325 g/mol. The molecule has 1 saturated heterocycles. The lowest BCUT2D eigenvalue weighted by molar-refractivity contribution is -0.0185. The number of hydrogen-bond acceptors (Lipinski definition) is 4. The maximum atomic E-state index is 6.05. The first-order chi connectivity index (χ1) is 11.8. The highest BCUT2D eigenvalue weighted by molar-refractivity contribution is 5.77. The fraction of sp³-hybridized carbons (Fsp3) is 0.421. The largest absolute Gasteiger partial charge is 0.460 e. The molecule has 0 spiro atoms. The van der Waals surface area contributed by atoms with Crippen molar-refractivity contribution in [3.8, 4) is 0 Å². The van der Waals surface area contributed by atoms with Gasteiger partial charge < -0.3 is 19.0 Å². The van der Waals surface area contributed by atoms with Gasteiger partial charge in [-0.1, -0.05) is 18.2 Å². The summed E-state index contributed by atoms with van der Waals surface area (Å²) in [6.07, 6.45) is 6.03. The van der Waals surface area contributed by atoms with Crippen LogP contribution in [-0.4, -0.2) is 22.2 Å². The fourth-order valence-electron chi connectivity index (χ4n) is 3.45. The molecule has 0 saturated carbocycles. The van der Waals surface area contributed by atoms with Crippen LogP contribution in [-0.2, 0) is 17.8 Å². The molecule has 1 N–H and O–H groups in total. The molecule has 3 heterocycles. The highest BCUT2D eigenvalue weighted by Gasteiger charge is 2.30. The minimum atomic E-state index is -0.00178. The van der Waals surface area contributed by atoms with Crippen LogP contribution >= 0.6 is 0 Å². The number of furan rings is 1. The lowest BCUT2D eigenvalue weighted by Crippen LogP contribution is -2.40. The summed E-state index contributed by atoms with van der Waals surface area (Å²) >= 11 is 0. The Balaban J connectivity index is 1.49. The molecular formula is C19H23N3O2. The van der Waals surface area contributed by atoms with Crippen LogP contribution in [0.1, 0.15) is 37.5 Å². The normalized spacial score (nSPS) is 21.4. The number of benzene rings is 1.